The molecule has 0 aliphatic carbocycles. The molecule has 158 valence electrons. The molecule has 2 fully saturated rings. The van der Waals surface area contributed by atoms with E-state index >= 15 is 0 Å². The van der Waals surface area contributed by atoms with E-state index < -0.39 is 12.0 Å². The molecule has 4 rings (SSSR count). The molecule has 0 amide bonds. The Morgan fingerprint density at radius 2 is 1.97 bits per heavy atom. The van der Waals surface area contributed by atoms with Gasteiger partial charge in [0, 0.05) is 24.0 Å². The number of piperidine rings is 2. The highest BCUT2D eigenvalue weighted by molar-refractivity contribution is 5.27. The first-order valence-corrected chi connectivity index (χ1v) is 10.2. The standard InChI is InChI=1S/C21H28F3N5/c1-19(16-6-4-3-5-7-16)9-10-20(2)12-15(8-11-29(20)14-19)13-25-18-26-17(27-28-18)21(22,23)24/h3-7,15H,8-14H2,1-2H3,(H2,25,26,27,28). The van der Waals surface area contributed by atoms with E-state index in [-0.39, 0.29) is 16.9 Å². The smallest absolute Gasteiger partial charge is 0.353 e. The summed E-state index contributed by atoms with van der Waals surface area (Å²) in [4.78, 5) is 6.12. The third-order valence-electron chi connectivity index (χ3n) is 6.83. The van der Waals surface area contributed by atoms with Crippen molar-refractivity contribution in [3.8, 4) is 0 Å². The van der Waals surface area contributed by atoms with E-state index in [1.165, 1.54) is 5.56 Å². The molecule has 3 unspecified atom stereocenters. The van der Waals surface area contributed by atoms with Crippen LogP contribution in [0.4, 0.5) is 19.1 Å². The Morgan fingerprint density at radius 1 is 1.21 bits per heavy atom. The normalized spacial score (nSPS) is 30.7. The number of benzene rings is 1. The van der Waals surface area contributed by atoms with Crippen LogP contribution in [0.3, 0.4) is 0 Å². The van der Waals surface area contributed by atoms with Gasteiger partial charge in [0.05, 0.1) is 0 Å². The zero-order valence-electron chi connectivity index (χ0n) is 16.9. The van der Waals surface area contributed by atoms with Gasteiger partial charge < -0.3 is 5.32 Å². The highest BCUT2D eigenvalue weighted by atomic mass is 19.4. The van der Waals surface area contributed by atoms with Crippen LogP contribution in [0, 0.1) is 5.92 Å². The van der Waals surface area contributed by atoms with E-state index in [0.717, 1.165) is 38.8 Å². The maximum Gasteiger partial charge on any atom is 0.451 e. The molecule has 8 heteroatoms. The summed E-state index contributed by atoms with van der Waals surface area (Å²) in [5.41, 5.74) is 1.70. The number of aromatic amines is 1. The number of nitrogens with one attached hydrogen (secondary N) is 2. The van der Waals surface area contributed by atoms with Gasteiger partial charge >= 0.3 is 6.18 Å². The maximum absolute atomic E-state index is 12.7. The summed E-state index contributed by atoms with van der Waals surface area (Å²) in [5, 5.41) is 8.58. The minimum Gasteiger partial charge on any atom is -0.353 e. The first kappa shape index (κ1) is 20.2. The molecule has 5 nitrogen and oxygen atoms in total. The SMILES string of the molecule is CC1(c2ccccc2)CCC2(C)CC(CNc3n[nH]c(C(F)(F)F)n3)CCN2C1. The zero-order valence-corrected chi connectivity index (χ0v) is 16.9. The summed E-state index contributed by atoms with van der Waals surface area (Å²) in [6.07, 6.45) is -0.196. The van der Waals surface area contributed by atoms with Gasteiger partial charge in [-0.05, 0) is 50.6 Å². The lowest BCUT2D eigenvalue weighted by Gasteiger charge is -2.56. The summed E-state index contributed by atoms with van der Waals surface area (Å²) in [7, 11) is 0. The number of halogens is 3. The number of anilines is 1. The largest absolute Gasteiger partial charge is 0.451 e. The molecule has 1 aromatic carbocycles. The summed E-state index contributed by atoms with van der Waals surface area (Å²) in [6, 6.07) is 10.7. The fraction of sp³-hybridized carbons (Fsp3) is 0.619. The van der Waals surface area contributed by atoms with Crippen molar-refractivity contribution in [2.45, 2.75) is 56.7 Å². The van der Waals surface area contributed by atoms with Gasteiger partial charge in [0.15, 0.2) is 0 Å². The molecule has 1 aromatic heterocycles. The third kappa shape index (κ3) is 4.13. The molecule has 2 aliphatic heterocycles. The van der Waals surface area contributed by atoms with Crippen molar-refractivity contribution in [1.82, 2.24) is 20.1 Å². The molecule has 3 heterocycles. The Hall–Kier alpha value is -2.09. The second kappa shape index (κ2) is 7.31. The van der Waals surface area contributed by atoms with Crippen molar-refractivity contribution in [1.29, 1.82) is 0 Å². The van der Waals surface area contributed by atoms with Crippen LogP contribution >= 0.6 is 0 Å². The molecular formula is C21H28F3N5. The lowest BCUT2D eigenvalue weighted by molar-refractivity contribution is -0.144. The van der Waals surface area contributed by atoms with E-state index in [2.05, 4.69) is 64.5 Å². The van der Waals surface area contributed by atoms with Crippen molar-refractivity contribution < 1.29 is 13.2 Å². The first-order chi connectivity index (χ1) is 13.7. The summed E-state index contributed by atoms with van der Waals surface area (Å²) >= 11 is 0. The maximum atomic E-state index is 12.7. The molecule has 2 N–H and O–H groups in total. The van der Waals surface area contributed by atoms with E-state index in [0.29, 0.717) is 12.5 Å². The van der Waals surface area contributed by atoms with Gasteiger partial charge in [0.25, 0.3) is 0 Å². The zero-order chi connectivity index (χ0) is 20.7. The molecule has 0 spiro atoms. The molecule has 2 aliphatic rings. The fourth-order valence-electron chi connectivity index (χ4n) is 4.99. The lowest BCUT2D eigenvalue weighted by Crippen LogP contribution is -2.60. The third-order valence-corrected chi connectivity index (χ3v) is 6.83. The van der Waals surface area contributed by atoms with Crippen LogP contribution in [0.5, 0.6) is 0 Å². The Bertz CT molecular complexity index is 836. The molecule has 2 aromatic rings. The number of alkyl halides is 3. The Kier molecular flexibility index (Phi) is 5.09. The van der Waals surface area contributed by atoms with Crippen molar-refractivity contribution in [3.63, 3.8) is 0 Å². The van der Waals surface area contributed by atoms with Crippen LogP contribution in [0.2, 0.25) is 0 Å². The number of hydrogen-bond acceptors (Lipinski definition) is 4. The average Bonchev–Trinajstić information content (AvgIpc) is 3.17. The summed E-state index contributed by atoms with van der Waals surface area (Å²) in [6.45, 7) is 7.33. The number of nitrogens with zero attached hydrogens (tertiary/aromatic N) is 3. The van der Waals surface area contributed by atoms with Gasteiger partial charge in [-0.2, -0.15) is 18.2 Å². The Balaban J connectivity index is 1.36. The van der Waals surface area contributed by atoms with Crippen molar-refractivity contribution in [3.05, 3.63) is 41.7 Å². The van der Waals surface area contributed by atoms with Crippen LogP contribution in [-0.2, 0) is 11.6 Å². The van der Waals surface area contributed by atoms with E-state index in [4.69, 9.17) is 0 Å². The quantitative estimate of drug-likeness (QED) is 0.786. The Morgan fingerprint density at radius 3 is 2.66 bits per heavy atom. The van der Waals surface area contributed by atoms with Gasteiger partial charge in [0.1, 0.15) is 0 Å². The second-order valence-corrected chi connectivity index (χ2v) is 9.09. The second-order valence-electron chi connectivity index (χ2n) is 9.09. The van der Waals surface area contributed by atoms with Gasteiger partial charge in [0.2, 0.25) is 11.8 Å². The van der Waals surface area contributed by atoms with Crippen LogP contribution in [0.25, 0.3) is 0 Å². The van der Waals surface area contributed by atoms with Crippen molar-refractivity contribution >= 4 is 5.95 Å². The van der Waals surface area contributed by atoms with Crippen LogP contribution in [0.1, 0.15) is 50.9 Å². The highest BCUT2D eigenvalue weighted by Crippen LogP contribution is 2.45. The van der Waals surface area contributed by atoms with E-state index in [1.807, 2.05) is 5.10 Å². The summed E-state index contributed by atoms with van der Waals surface area (Å²) in [5.74, 6) is -0.648. The van der Waals surface area contributed by atoms with E-state index in [1.54, 1.807) is 0 Å². The van der Waals surface area contributed by atoms with Crippen molar-refractivity contribution in [2.24, 2.45) is 5.92 Å². The molecule has 0 saturated carbocycles. The fourth-order valence-corrected chi connectivity index (χ4v) is 4.99. The van der Waals surface area contributed by atoms with Crippen LogP contribution in [0.15, 0.2) is 30.3 Å². The van der Waals surface area contributed by atoms with E-state index in [9.17, 15) is 13.2 Å². The topological polar surface area (TPSA) is 56.8 Å². The Labute approximate surface area is 169 Å². The molecule has 0 radical (unpaired) electrons. The predicted molar refractivity (Wildman–Crippen MR) is 106 cm³/mol. The highest BCUT2D eigenvalue weighted by Gasteiger charge is 2.46. The minimum atomic E-state index is -4.50. The van der Waals surface area contributed by atoms with Gasteiger partial charge in [-0.25, -0.2) is 0 Å². The van der Waals surface area contributed by atoms with Crippen LogP contribution < -0.4 is 5.32 Å². The monoisotopic (exact) mass is 407 g/mol. The van der Waals surface area contributed by atoms with Gasteiger partial charge in [-0.1, -0.05) is 37.3 Å². The number of aromatic nitrogens is 3. The minimum absolute atomic E-state index is 0.0187. The lowest BCUT2D eigenvalue weighted by atomic mass is 9.67. The van der Waals surface area contributed by atoms with Gasteiger partial charge in [-0.15, -0.1) is 5.10 Å². The van der Waals surface area contributed by atoms with Crippen LogP contribution in [-0.4, -0.2) is 45.3 Å². The predicted octanol–water partition coefficient (Wildman–Crippen LogP) is 4.46. The average molecular weight is 407 g/mol. The number of H-pyrrole nitrogens is 1. The van der Waals surface area contributed by atoms with Gasteiger partial charge in [-0.3, -0.25) is 10.00 Å². The number of hydrogen-bond donors (Lipinski definition) is 2. The number of rotatable bonds is 4. The molecule has 0 bridgehead atoms. The molecule has 2 saturated heterocycles. The molecule has 3 atom stereocenters. The first-order valence-electron chi connectivity index (χ1n) is 10.2. The molecule has 29 heavy (non-hydrogen) atoms. The number of fused-ring (bicyclic) bond motifs is 1. The van der Waals surface area contributed by atoms with Crippen molar-refractivity contribution in [2.75, 3.05) is 25.0 Å². The summed E-state index contributed by atoms with van der Waals surface area (Å²) < 4.78 is 38.0. The molecular weight excluding hydrogens is 379 g/mol.